The number of anilines is 1. The van der Waals surface area contributed by atoms with E-state index in [9.17, 15) is 4.79 Å². The lowest BCUT2D eigenvalue weighted by Crippen LogP contribution is -2.50. The molecule has 2 aromatic heterocycles. The second kappa shape index (κ2) is 10.4. The fourth-order valence-electron chi connectivity index (χ4n) is 4.63. The fraction of sp³-hybridized carbons (Fsp3) is 0.708. The van der Waals surface area contributed by atoms with Crippen molar-refractivity contribution < 1.29 is 4.79 Å². The van der Waals surface area contributed by atoms with Gasteiger partial charge >= 0.3 is 0 Å². The summed E-state index contributed by atoms with van der Waals surface area (Å²) in [5.74, 6) is 3.00. The monoisotopic (exact) mass is 458 g/mol. The van der Waals surface area contributed by atoms with E-state index in [1.165, 1.54) is 28.7 Å². The number of rotatable bonds is 7. The molecular formula is C24H38N6OS. The maximum absolute atomic E-state index is 12.1. The first-order valence-corrected chi connectivity index (χ1v) is 13.0. The van der Waals surface area contributed by atoms with E-state index >= 15 is 0 Å². The minimum atomic E-state index is 0.132. The van der Waals surface area contributed by atoms with Crippen molar-refractivity contribution in [2.75, 3.05) is 57.3 Å². The van der Waals surface area contributed by atoms with Crippen LogP contribution >= 0.6 is 11.3 Å². The number of fused-ring (bicyclic) bond motifs is 1. The molecule has 0 spiro atoms. The molecule has 0 aliphatic carbocycles. The van der Waals surface area contributed by atoms with E-state index in [0.717, 1.165) is 81.2 Å². The van der Waals surface area contributed by atoms with Crippen molar-refractivity contribution in [1.82, 2.24) is 25.1 Å². The molecule has 32 heavy (non-hydrogen) atoms. The van der Waals surface area contributed by atoms with Gasteiger partial charge in [-0.05, 0) is 57.7 Å². The molecule has 2 aliphatic rings. The molecule has 2 aliphatic heterocycles. The molecular weight excluding hydrogens is 420 g/mol. The predicted octanol–water partition coefficient (Wildman–Crippen LogP) is 3.19. The number of carbonyl (C=O) groups excluding carboxylic acids is 1. The Morgan fingerprint density at radius 2 is 1.78 bits per heavy atom. The minimum absolute atomic E-state index is 0.132. The Labute approximate surface area is 196 Å². The third kappa shape index (κ3) is 5.41. The normalized spacial score (nSPS) is 19.1. The number of aryl methyl sites for hydroxylation is 2. The Hall–Kier alpha value is -1.77. The lowest BCUT2D eigenvalue weighted by atomic mass is 9.99. The maximum atomic E-state index is 12.1. The molecule has 2 fully saturated rings. The average Bonchev–Trinajstić information content (AvgIpc) is 3.07. The summed E-state index contributed by atoms with van der Waals surface area (Å²) in [6.45, 7) is 16.7. The van der Waals surface area contributed by atoms with Gasteiger partial charge in [0.2, 0.25) is 5.91 Å². The van der Waals surface area contributed by atoms with Gasteiger partial charge in [-0.25, -0.2) is 9.97 Å². The average molecular weight is 459 g/mol. The van der Waals surface area contributed by atoms with Crippen molar-refractivity contribution in [3.8, 4) is 0 Å². The molecule has 4 rings (SSSR count). The summed E-state index contributed by atoms with van der Waals surface area (Å²) in [6.07, 6.45) is 3.50. The Balaban J connectivity index is 1.49. The molecule has 2 saturated heterocycles. The molecule has 4 heterocycles. The van der Waals surface area contributed by atoms with Crippen LogP contribution in [0.5, 0.6) is 0 Å². The van der Waals surface area contributed by atoms with Crippen LogP contribution in [-0.2, 0) is 11.3 Å². The summed E-state index contributed by atoms with van der Waals surface area (Å²) in [6, 6.07) is 0. The third-order valence-electron chi connectivity index (χ3n) is 6.91. The molecule has 0 atom stereocenters. The second-order valence-corrected chi connectivity index (χ2v) is 10.7. The van der Waals surface area contributed by atoms with E-state index in [1.54, 1.807) is 11.3 Å². The van der Waals surface area contributed by atoms with Crippen LogP contribution in [0, 0.1) is 19.8 Å². The Bertz CT molecular complexity index is 928. The highest BCUT2D eigenvalue weighted by Crippen LogP contribution is 2.35. The van der Waals surface area contributed by atoms with Crippen molar-refractivity contribution in [2.45, 2.75) is 53.5 Å². The van der Waals surface area contributed by atoms with E-state index in [1.807, 2.05) is 0 Å². The number of carbonyl (C=O) groups is 1. The molecule has 0 saturated carbocycles. The predicted molar refractivity (Wildman–Crippen MR) is 133 cm³/mol. The van der Waals surface area contributed by atoms with Crippen molar-refractivity contribution >= 4 is 33.3 Å². The van der Waals surface area contributed by atoms with Gasteiger partial charge < -0.3 is 10.2 Å². The second-order valence-electron chi connectivity index (χ2n) is 9.50. The van der Waals surface area contributed by atoms with E-state index in [4.69, 9.17) is 9.97 Å². The lowest BCUT2D eigenvalue weighted by Gasteiger charge is -2.35. The number of piperazine rings is 1. The lowest BCUT2D eigenvalue weighted by molar-refractivity contribution is -0.122. The molecule has 176 valence electrons. The maximum Gasteiger partial charge on any atom is 0.234 e. The number of amides is 1. The summed E-state index contributed by atoms with van der Waals surface area (Å²) < 4.78 is 0. The first-order chi connectivity index (χ1) is 15.4. The van der Waals surface area contributed by atoms with Crippen molar-refractivity contribution in [2.24, 2.45) is 5.92 Å². The molecule has 1 N–H and O–H groups in total. The fourth-order valence-corrected chi connectivity index (χ4v) is 5.68. The van der Waals surface area contributed by atoms with Gasteiger partial charge in [-0.15, -0.1) is 11.3 Å². The Kier molecular flexibility index (Phi) is 7.63. The summed E-state index contributed by atoms with van der Waals surface area (Å²) in [5, 5.41) is 4.21. The van der Waals surface area contributed by atoms with Crippen LogP contribution in [0.2, 0.25) is 0 Å². The number of likely N-dealkylation sites (tertiary alicyclic amines) is 1. The number of hydrogen-bond donors (Lipinski definition) is 1. The number of piperidine rings is 1. The van der Waals surface area contributed by atoms with Gasteiger partial charge in [-0.3, -0.25) is 14.6 Å². The van der Waals surface area contributed by atoms with Crippen LogP contribution in [0.25, 0.3) is 10.2 Å². The summed E-state index contributed by atoms with van der Waals surface area (Å²) in [4.78, 5) is 31.8. The summed E-state index contributed by atoms with van der Waals surface area (Å²) >= 11 is 1.79. The van der Waals surface area contributed by atoms with E-state index in [0.29, 0.717) is 6.54 Å². The van der Waals surface area contributed by atoms with Gasteiger partial charge in [0.05, 0.1) is 18.5 Å². The third-order valence-corrected chi connectivity index (χ3v) is 8.01. The van der Waals surface area contributed by atoms with Crippen LogP contribution in [0.15, 0.2) is 0 Å². The zero-order valence-corrected chi connectivity index (χ0v) is 20.9. The molecule has 1 amide bonds. The van der Waals surface area contributed by atoms with Gasteiger partial charge in [0, 0.05) is 37.6 Å². The Morgan fingerprint density at radius 1 is 1.06 bits per heavy atom. The van der Waals surface area contributed by atoms with Crippen LogP contribution in [-0.4, -0.2) is 78.0 Å². The largest absolute Gasteiger partial charge is 0.355 e. The topological polar surface area (TPSA) is 64.6 Å². The highest BCUT2D eigenvalue weighted by Gasteiger charge is 2.25. The summed E-state index contributed by atoms with van der Waals surface area (Å²) in [5.41, 5.74) is 1.31. The first-order valence-electron chi connectivity index (χ1n) is 12.2. The molecule has 8 heteroatoms. The molecule has 0 unspecified atom stereocenters. The number of nitrogens with zero attached hydrogens (tertiary/aromatic N) is 5. The molecule has 0 radical (unpaired) electrons. The molecule has 7 nitrogen and oxygen atoms in total. The highest BCUT2D eigenvalue weighted by molar-refractivity contribution is 7.18. The Morgan fingerprint density at radius 3 is 2.47 bits per heavy atom. The van der Waals surface area contributed by atoms with E-state index in [-0.39, 0.29) is 5.91 Å². The van der Waals surface area contributed by atoms with Crippen LogP contribution in [0.3, 0.4) is 0 Å². The molecule has 0 bridgehead atoms. The van der Waals surface area contributed by atoms with Gasteiger partial charge in [0.15, 0.2) is 0 Å². The first kappa shape index (κ1) is 23.4. The number of aromatic nitrogens is 2. The SMILES string of the molecule is CCCNC(=O)CN1CCN(c2nc(CN3CCC(C)CC3)nc3sc(C)c(C)c23)CC1. The smallest absolute Gasteiger partial charge is 0.234 e. The van der Waals surface area contributed by atoms with Crippen LogP contribution in [0.1, 0.15) is 49.4 Å². The van der Waals surface area contributed by atoms with Crippen molar-refractivity contribution in [1.29, 1.82) is 0 Å². The van der Waals surface area contributed by atoms with Crippen LogP contribution < -0.4 is 10.2 Å². The summed E-state index contributed by atoms with van der Waals surface area (Å²) in [7, 11) is 0. The van der Waals surface area contributed by atoms with Crippen molar-refractivity contribution in [3.05, 3.63) is 16.3 Å². The standard InChI is InChI=1S/C24H38N6OS/c1-5-8-25-21(31)16-29-11-13-30(14-12-29)23-22-18(3)19(4)32-24(22)27-20(26-23)15-28-9-6-17(2)7-10-28/h17H,5-16H2,1-4H3,(H,25,31). The molecule has 0 aromatic carbocycles. The zero-order valence-electron chi connectivity index (χ0n) is 20.1. The number of nitrogens with one attached hydrogen (secondary N) is 1. The van der Waals surface area contributed by atoms with Gasteiger partial charge in [-0.2, -0.15) is 0 Å². The highest BCUT2D eigenvalue weighted by atomic mass is 32.1. The van der Waals surface area contributed by atoms with Crippen molar-refractivity contribution in [3.63, 3.8) is 0 Å². The van der Waals surface area contributed by atoms with Gasteiger partial charge in [0.1, 0.15) is 16.5 Å². The number of hydrogen-bond acceptors (Lipinski definition) is 7. The van der Waals surface area contributed by atoms with E-state index in [2.05, 4.69) is 47.7 Å². The minimum Gasteiger partial charge on any atom is -0.355 e. The molecule has 2 aromatic rings. The number of thiophene rings is 1. The van der Waals surface area contributed by atoms with Crippen LogP contribution in [0.4, 0.5) is 5.82 Å². The zero-order chi connectivity index (χ0) is 22.7. The van der Waals surface area contributed by atoms with E-state index < -0.39 is 0 Å². The van der Waals surface area contributed by atoms with Gasteiger partial charge in [0.25, 0.3) is 0 Å². The van der Waals surface area contributed by atoms with Gasteiger partial charge in [-0.1, -0.05) is 13.8 Å². The quantitative estimate of drug-likeness (QED) is 0.688.